The van der Waals surface area contributed by atoms with Gasteiger partial charge in [0.15, 0.2) is 5.82 Å². The Labute approximate surface area is 324 Å². The smallest absolute Gasteiger partial charge is 0.160 e. The van der Waals surface area contributed by atoms with Crippen LogP contribution in [0, 0.1) is 0 Å². The largest absolute Gasteiger partial charge is 0.456 e. The van der Waals surface area contributed by atoms with Gasteiger partial charge in [-0.1, -0.05) is 176 Å². The van der Waals surface area contributed by atoms with Gasteiger partial charge in [-0.25, -0.2) is 9.97 Å². The second-order valence-electron chi connectivity index (χ2n) is 14.8. The van der Waals surface area contributed by atoms with Gasteiger partial charge in [-0.15, -0.1) is 0 Å². The third kappa shape index (κ3) is 4.28. The Kier molecular flexibility index (Phi) is 6.55. The molecule has 2 heterocycles. The average Bonchev–Trinajstić information content (AvgIpc) is 3.90. The minimum Gasteiger partial charge on any atom is -0.456 e. The van der Waals surface area contributed by atoms with E-state index in [0.717, 1.165) is 66.9 Å². The van der Waals surface area contributed by atoms with Crippen LogP contribution in [0.5, 0.6) is 0 Å². The fourth-order valence-electron chi connectivity index (χ4n) is 9.62. The minimum atomic E-state index is -0.511. The predicted molar refractivity (Wildman–Crippen MR) is 227 cm³/mol. The molecule has 2 aromatic heterocycles. The predicted octanol–water partition coefficient (Wildman–Crippen LogP) is 13.4. The van der Waals surface area contributed by atoms with Gasteiger partial charge in [-0.05, 0) is 67.9 Å². The normalized spacial score (nSPS) is 13.1. The van der Waals surface area contributed by atoms with Gasteiger partial charge in [0.05, 0.1) is 16.8 Å². The Balaban J connectivity index is 1.09. The van der Waals surface area contributed by atoms with E-state index in [1.165, 1.54) is 38.8 Å². The molecule has 0 amide bonds. The number of aromatic nitrogens is 2. The molecule has 0 unspecified atom stereocenters. The lowest BCUT2D eigenvalue weighted by Gasteiger charge is -2.30. The molecular formula is C53H32N2O. The third-order valence-electron chi connectivity index (χ3n) is 11.9. The molecule has 3 heteroatoms. The maximum absolute atomic E-state index is 6.97. The van der Waals surface area contributed by atoms with Crippen molar-refractivity contribution in [2.24, 2.45) is 0 Å². The standard InChI is InChI=1S/C53H32N2O/c1-2-16-34(17-3-1)52-54-46(32-47(55-52)41-26-13-18-33-15-4-5-21-37(33)41)36-20-12-19-35(31-36)38-25-14-29-45-49(38)51-50(42-24-8-11-30-48(42)56-51)53(45)43-27-9-6-22-39(43)40-23-7-10-28-44(40)53/h1-32H. The van der Waals surface area contributed by atoms with E-state index < -0.39 is 5.41 Å². The number of fused-ring (bicyclic) bond motifs is 13. The zero-order chi connectivity index (χ0) is 36.8. The summed E-state index contributed by atoms with van der Waals surface area (Å²) < 4.78 is 6.97. The minimum absolute atomic E-state index is 0.511. The van der Waals surface area contributed by atoms with E-state index in [9.17, 15) is 0 Å². The van der Waals surface area contributed by atoms with E-state index in [-0.39, 0.29) is 0 Å². The summed E-state index contributed by atoms with van der Waals surface area (Å²) in [7, 11) is 0. The number of furan rings is 1. The molecule has 260 valence electrons. The molecule has 56 heavy (non-hydrogen) atoms. The molecule has 12 rings (SSSR count). The molecule has 10 aromatic rings. The van der Waals surface area contributed by atoms with E-state index in [1.807, 2.05) is 18.2 Å². The van der Waals surface area contributed by atoms with Gasteiger partial charge in [0, 0.05) is 33.2 Å². The molecule has 0 bridgehead atoms. The van der Waals surface area contributed by atoms with Gasteiger partial charge >= 0.3 is 0 Å². The van der Waals surface area contributed by atoms with Gasteiger partial charge in [0.2, 0.25) is 0 Å². The highest BCUT2D eigenvalue weighted by Gasteiger charge is 2.54. The summed E-state index contributed by atoms with van der Waals surface area (Å²) in [4.78, 5) is 10.4. The summed E-state index contributed by atoms with van der Waals surface area (Å²) in [6, 6.07) is 69.3. The van der Waals surface area contributed by atoms with Crippen LogP contribution >= 0.6 is 0 Å². The Morgan fingerprint density at radius 1 is 0.393 bits per heavy atom. The third-order valence-corrected chi connectivity index (χ3v) is 11.9. The van der Waals surface area contributed by atoms with Crippen molar-refractivity contribution >= 4 is 21.7 Å². The number of hydrogen-bond acceptors (Lipinski definition) is 3. The summed E-state index contributed by atoms with van der Waals surface area (Å²) in [5.74, 6) is 1.64. The zero-order valence-corrected chi connectivity index (χ0v) is 30.3. The highest BCUT2D eigenvalue weighted by molar-refractivity contribution is 6.05. The van der Waals surface area contributed by atoms with Crippen LogP contribution in [0.2, 0.25) is 0 Å². The van der Waals surface area contributed by atoms with Crippen molar-refractivity contribution in [3.63, 3.8) is 0 Å². The first-order chi connectivity index (χ1) is 27.8. The van der Waals surface area contributed by atoms with Crippen molar-refractivity contribution in [3.05, 3.63) is 216 Å². The SMILES string of the molecule is c1ccc(-c2nc(-c3cccc(-c4cccc5c4-c4oc6ccccc6c4C54c5ccccc5-c5ccccc54)c3)cc(-c3cccc4ccccc34)n2)cc1. The van der Waals surface area contributed by atoms with Crippen LogP contribution < -0.4 is 0 Å². The molecule has 0 saturated heterocycles. The molecule has 2 aliphatic rings. The molecule has 0 atom stereocenters. The molecule has 0 N–H and O–H groups in total. The number of benzene rings is 8. The maximum Gasteiger partial charge on any atom is 0.160 e. The molecule has 8 aromatic carbocycles. The zero-order valence-electron chi connectivity index (χ0n) is 30.3. The molecule has 2 aliphatic carbocycles. The highest BCUT2D eigenvalue weighted by Crippen LogP contribution is 2.66. The Bertz CT molecular complexity index is 3160. The quantitative estimate of drug-likeness (QED) is 0.182. The van der Waals surface area contributed by atoms with Crippen LogP contribution in [0.15, 0.2) is 199 Å². The fraction of sp³-hybridized carbons (Fsp3) is 0.0189. The van der Waals surface area contributed by atoms with E-state index >= 15 is 0 Å². The molecule has 3 nitrogen and oxygen atoms in total. The molecule has 0 aliphatic heterocycles. The molecule has 1 spiro atoms. The molecule has 0 fully saturated rings. The summed E-state index contributed by atoms with van der Waals surface area (Å²) >= 11 is 0. The number of para-hydroxylation sites is 1. The van der Waals surface area contributed by atoms with E-state index in [4.69, 9.17) is 14.4 Å². The summed E-state index contributed by atoms with van der Waals surface area (Å²) in [5.41, 5.74) is 16.3. The van der Waals surface area contributed by atoms with Crippen LogP contribution in [-0.4, -0.2) is 9.97 Å². The van der Waals surface area contributed by atoms with Crippen molar-refractivity contribution in [1.29, 1.82) is 0 Å². The fourth-order valence-corrected chi connectivity index (χ4v) is 9.62. The van der Waals surface area contributed by atoms with E-state index in [0.29, 0.717) is 5.82 Å². The van der Waals surface area contributed by atoms with Crippen molar-refractivity contribution in [1.82, 2.24) is 9.97 Å². The van der Waals surface area contributed by atoms with E-state index in [1.54, 1.807) is 0 Å². The van der Waals surface area contributed by atoms with Crippen molar-refractivity contribution < 1.29 is 4.42 Å². The van der Waals surface area contributed by atoms with Gasteiger partial charge in [-0.2, -0.15) is 0 Å². The van der Waals surface area contributed by atoms with Gasteiger partial charge < -0.3 is 4.42 Å². The number of nitrogens with zero attached hydrogens (tertiary/aromatic N) is 2. The van der Waals surface area contributed by atoms with Crippen LogP contribution in [0.3, 0.4) is 0 Å². The van der Waals surface area contributed by atoms with Crippen LogP contribution in [0.25, 0.3) is 89.2 Å². The topological polar surface area (TPSA) is 38.9 Å². The van der Waals surface area contributed by atoms with E-state index in [2.05, 4.69) is 176 Å². The van der Waals surface area contributed by atoms with Gasteiger partial charge in [-0.3, -0.25) is 0 Å². The monoisotopic (exact) mass is 712 g/mol. The number of rotatable bonds is 4. The highest BCUT2D eigenvalue weighted by atomic mass is 16.3. The lowest BCUT2D eigenvalue weighted by Crippen LogP contribution is -2.25. The first-order valence-electron chi connectivity index (χ1n) is 19.2. The van der Waals surface area contributed by atoms with Crippen molar-refractivity contribution in [2.45, 2.75) is 5.41 Å². The summed E-state index contributed by atoms with van der Waals surface area (Å²) in [5, 5.41) is 3.50. The van der Waals surface area contributed by atoms with Crippen molar-refractivity contribution in [3.8, 4) is 67.5 Å². The van der Waals surface area contributed by atoms with Gasteiger partial charge in [0.25, 0.3) is 0 Å². The van der Waals surface area contributed by atoms with Crippen molar-refractivity contribution in [2.75, 3.05) is 0 Å². The van der Waals surface area contributed by atoms with Crippen LogP contribution in [-0.2, 0) is 5.41 Å². The lowest BCUT2D eigenvalue weighted by atomic mass is 9.70. The number of hydrogen-bond donors (Lipinski definition) is 0. The Hall–Kier alpha value is -7.36. The van der Waals surface area contributed by atoms with Crippen LogP contribution in [0.4, 0.5) is 0 Å². The van der Waals surface area contributed by atoms with Crippen LogP contribution in [0.1, 0.15) is 22.3 Å². The Morgan fingerprint density at radius 3 is 1.80 bits per heavy atom. The second kappa shape index (κ2) is 11.8. The molecule has 0 saturated carbocycles. The first kappa shape index (κ1) is 31.0. The van der Waals surface area contributed by atoms with Gasteiger partial charge in [0.1, 0.15) is 11.3 Å². The molecular weight excluding hydrogens is 681 g/mol. The summed E-state index contributed by atoms with van der Waals surface area (Å²) in [6.45, 7) is 0. The lowest BCUT2D eigenvalue weighted by molar-refractivity contribution is 0.629. The Morgan fingerprint density at radius 2 is 0.964 bits per heavy atom. The summed E-state index contributed by atoms with van der Waals surface area (Å²) in [6.07, 6.45) is 0. The average molecular weight is 713 g/mol. The second-order valence-corrected chi connectivity index (χ2v) is 14.8. The molecule has 0 radical (unpaired) electrons. The first-order valence-corrected chi connectivity index (χ1v) is 19.2. The maximum atomic E-state index is 6.97.